The van der Waals surface area contributed by atoms with E-state index in [0.29, 0.717) is 4.45 Å². The quantitative estimate of drug-likeness (QED) is 0.465. The Balaban J connectivity index is 4.68. The molecule has 0 spiro atoms. The summed E-state index contributed by atoms with van der Waals surface area (Å²) < 4.78 is 7.33. The van der Waals surface area contributed by atoms with Crippen LogP contribution in [0.2, 0.25) is 44.4 Å². The van der Waals surface area contributed by atoms with Crippen molar-refractivity contribution >= 4 is 41.4 Å². The summed E-state index contributed by atoms with van der Waals surface area (Å²) in [5.74, 6) is 0. The average Bonchev–Trinajstić information content (AvgIpc) is 2.15. The van der Waals surface area contributed by atoms with Gasteiger partial charge in [-0.05, 0) is 37.8 Å². The standard InChI is InChI=1S/C12H31BrOSi3/c1-9-10-12(13)17(7,8)14-16(5,6)11(2)15(3)4/h11-12,15H,9-10H2,1-8H3. The largest absolute Gasteiger partial charge is 0.455 e. The molecule has 0 N–H and O–H groups in total. The predicted molar refractivity (Wildman–Crippen MR) is 92.0 cm³/mol. The maximum atomic E-state index is 6.73. The van der Waals surface area contributed by atoms with E-state index in [1.807, 2.05) is 0 Å². The van der Waals surface area contributed by atoms with E-state index in [0.717, 1.165) is 5.16 Å². The van der Waals surface area contributed by atoms with Gasteiger partial charge < -0.3 is 4.12 Å². The molecular weight excluding hydrogens is 324 g/mol. The lowest BCUT2D eigenvalue weighted by Gasteiger charge is -2.41. The van der Waals surface area contributed by atoms with Gasteiger partial charge in [-0.1, -0.05) is 49.3 Å². The Labute approximate surface area is 121 Å². The molecule has 0 rings (SSSR count). The highest BCUT2D eigenvalue weighted by Crippen LogP contribution is 2.32. The van der Waals surface area contributed by atoms with Gasteiger partial charge in [0.2, 0.25) is 0 Å². The average molecular weight is 356 g/mol. The summed E-state index contributed by atoms with van der Waals surface area (Å²) in [5, 5.41) is 0.857. The molecule has 0 aromatic rings. The van der Waals surface area contributed by atoms with Crippen LogP contribution < -0.4 is 0 Å². The van der Waals surface area contributed by atoms with Gasteiger partial charge in [-0.3, -0.25) is 0 Å². The lowest BCUT2D eigenvalue weighted by Crippen LogP contribution is -2.53. The molecule has 0 saturated heterocycles. The fourth-order valence-corrected chi connectivity index (χ4v) is 18.2. The van der Waals surface area contributed by atoms with Crippen molar-refractivity contribution in [3.63, 3.8) is 0 Å². The second-order valence-corrected chi connectivity index (χ2v) is 21.5. The molecule has 0 aromatic heterocycles. The van der Waals surface area contributed by atoms with E-state index in [1.165, 1.54) is 12.8 Å². The first-order chi connectivity index (χ1) is 7.54. The molecule has 2 atom stereocenters. The van der Waals surface area contributed by atoms with Crippen molar-refractivity contribution in [2.45, 2.75) is 75.6 Å². The molecular formula is C12H31BrOSi3. The Morgan fingerprint density at radius 1 is 1.12 bits per heavy atom. The Hall–Kier alpha value is 1.09. The lowest BCUT2D eigenvalue weighted by molar-refractivity contribution is 0.527. The summed E-state index contributed by atoms with van der Waals surface area (Å²) in [6.45, 7) is 19.2. The monoisotopic (exact) mass is 354 g/mol. The summed E-state index contributed by atoms with van der Waals surface area (Å²) >= 11 is 3.87. The molecule has 0 aliphatic carbocycles. The van der Waals surface area contributed by atoms with E-state index < -0.39 is 25.4 Å². The van der Waals surface area contributed by atoms with E-state index in [9.17, 15) is 0 Å². The summed E-state index contributed by atoms with van der Waals surface area (Å²) in [6, 6.07) is 0. The van der Waals surface area contributed by atoms with Gasteiger partial charge in [-0.25, -0.2) is 0 Å². The zero-order valence-electron chi connectivity index (χ0n) is 12.9. The highest BCUT2D eigenvalue weighted by atomic mass is 79.9. The van der Waals surface area contributed by atoms with Crippen LogP contribution in [-0.2, 0) is 4.12 Å². The summed E-state index contributed by atoms with van der Waals surface area (Å²) in [5.41, 5.74) is 0. The maximum Gasteiger partial charge on any atom is 0.187 e. The molecule has 17 heavy (non-hydrogen) atoms. The molecule has 0 saturated carbocycles. The zero-order valence-corrected chi connectivity index (χ0v) is 17.7. The van der Waals surface area contributed by atoms with Crippen LogP contribution in [-0.4, -0.2) is 29.9 Å². The molecule has 0 fully saturated rings. The highest BCUT2D eigenvalue weighted by molar-refractivity contribution is 9.10. The molecule has 104 valence electrons. The fourth-order valence-electron chi connectivity index (χ4n) is 2.24. The van der Waals surface area contributed by atoms with Gasteiger partial charge in [-0.15, -0.1) is 0 Å². The van der Waals surface area contributed by atoms with Gasteiger partial charge in [0.25, 0.3) is 0 Å². The number of rotatable bonds is 7. The molecule has 0 aliphatic rings. The Morgan fingerprint density at radius 2 is 1.59 bits per heavy atom. The van der Waals surface area contributed by atoms with Crippen LogP contribution in [0.3, 0.4) is 0 Å². The third-order valence-corrected chi connectivity index (χ3v) is 22.3. The van der Waals surface area contributed by atoms with Crippen molar-refractivity contribution in [2.75, 3.05) is 0 Å². The van der Waals surface area contributed by atoms with E-state index in [-0.39, 0.29) is 0 Å². The summed E-state index contributed by atoms with van der Waals surface area (Å²) in [7, 11) is -3.66. The lowest BCUT2D eigenvalue weighted by atomic mass is 10.4. The highest BCUT2D eigenvalue weighted by Gasteiger charge is 2.41. The fraction of sp³-hybridized carbons (Fsp3) is 1.00. The minimum absolute atomic E-state index is 0.583. The first-order valence-electron chi connectivity index (χ1n) is 6.88. The van der Waals surface area contributed by atoms with E-state index in [4.69, 9.17) is 4.12 Å². The summed E-state index contributed by atoms with van der Waals surface area (Å²) in [6.07, 6.45) is 2.49. The van der Waals surface area contributed by atoms with E-state index in [1.54, 1.807) is 0 Å². The van der Waals surface area contributed by atoms with Crippen molar-refractivity contribution < 1.29 is 4.12 Å². The van der Waals surface area contributed by atoms with Crippen LogP contribution in [0.15, 0.2) is 0 Å². The van der Waals surface area contributed by atoms with Crippen molar-refractivity contribution in [1.29, 1.82) is 0 Å². The second kappa shape index (κ2) is 7.03. The van der Waals surface area contributed by atoms with Gasteiger partial charge in [-0.2, -0.15) is 0 Å². The van der Waals surface area contributed by atoms with Crippen LogP contribution in [0, 0.1) is 0 Å². The first-order valence-corrected chi connectivity index (χ1v) is 16.7. The van der Waals surface area contributed by atoms with Crippen LogP contribution in [0.4, 0.5) is 0 Å². The maximum absolute atomic E-state index is 6.73. The van der Waals surface area contributed by atoms with E-state index >= 15 is 0 Å². The molecule has 2 unspecified atom stereocenters. The molecule has 0 bridgehead atoms. The van der Waals surface area contributed by atoms with Gasteiger partial charge in [0.1, 0.15) is 0 Å². The SMILES string of the molecule is CCCC(Br)[Si](C)(C)O[Si](C)(C)C(C)[SiH](C)C. The molecule has 1 nitrogen and oxygen atoms in total. The van der Waals surface area contributed by atoms with Gasteiger partial charge in [0.05, 0.1) is 0 Å². The molecule has 5 heteroatoms. The van der Waals surface area contributed by atoms with Crippen molar-refractivity contribution in [3.05, 3.63) is 0 Å². The second-order valence-electron chi connectivity index (χ2n) is 6.60. The first kappa shape index (κ1) is 18.1. The molecule has 0 heterocycles. The Bertz CT molecular complexity index is 232. The molecule has 0 radical (unpaired) electrons. The number of hydrogen-bond donors (Lipinski definition) is 0. The van der Waals surface area contributed by atoms with Crippen LogP contribution in [0.5, 0.6) is 0 Å². The molecule has 0 amide bonds. The zero-order chi connectivity index (χ0) is 13.9. The number of alkyl halides is 1. The smallest absolute Gasteiger partial charge is 0.187 e. The van der Waals surface area contributed by atoms with Crippen LogP contribution in [0.25, 0.3) is 0 Å². The molecule has 0 aliphatic heterocycles. The van der Waals surface area contributed by atoms with Gasteiger partial charge >= 0.3 is 0 Å². The third kappa shape index (κ3) is 5.72. The minimum Gasteiger partial charge on any atom is -0.455 e. The Kier molecular flexibility index (Phi) is 7.48. The van der Waals surface area contributed by atoms with Crippen molar-refractivity contribution in [2.24, 2.45) is 0 Å². The van der Waals surface area contributed by atoms with Crippen molar-refractivity contribution in [3.8, 4) is 0 Å². The normalized spacial score (nSPS) is 17.3. The summed E-state index contributed by atoms with van der Waals surface area (Å²) in [4.78, 5) is 0. The predicted octanol–water partition coefficient (Wildman–Crippen LogP) is 4.93. The topological polar surface area (TPSA) is 9.23 Å². The number of halogens is 1. The van der Waals surface area contributed by atoms with Crippen LogP contribution >= 0.6 is 15.9 Å². The third-order valence-electron chi connectivity index (χ3n) is 3.92. The van der Waals surface area contributed by atoms with Crippen LogP contribution in [0.1, 0.15) is 26.7 Å². The van der Waals surface area contributed by atoms with Gasteiger partial charge in [0, 0.05) is 13.2 Å². The Morgan fingerprint density at radius 3 is 1.94 bits per heavy atom. The molecule has 0 aromatic carbocycles. The minimum atomic E-state index is -1.57. The van der Waals surface area contributed by atoms with E-state index in [2.05, 4.69) is 69.1 Å². The van der Waals surface area contributed by atoms with Crippen molar-refractivity contribution in [1.82, 2.24) is 0 Å². The number of hydrogen-bond acceptors (Lipinski definition) is 1. The van der Waals surface area contributed by atoms with Gasteiger partial charge in [0.15, 0.2) is 16.6 Å².